The third-order valence-corrected chi connectivity index (χ3v) is 15.7. The van der Waals surface area contributed by atoms with Gasteiger partial charge in [-0.2, -0.15) is 0 Å². The fourth-order valence-electron chi connectivity index (χ4n) is 2.83. The molecule has 178 valence electrons. The van der Waals surface area contributed by atoms with Gasteiger partial charge >= 0.3 is 6.09 Å². The molecule has 6 nitrogen and oxygen atoms in total. The Hall–Kier alpha value is -0.416. The van der Waals surface area contributed by atoms with Crippen LogP contribution in [0.5, 0.6) is 0 Å². The van der Waals surface area contributed by atoms with E-state index < -0.39 is 28.5 Å². The van der Waals surface area contributed by atoms with E-state index in [0.717, 1.165) is 0 Å². The number of methoxy groups -OCH3 is 1. The van der Waals surface area contributed by atoms with E-state index in [1.807, 2.05) is 20.8 Å². The van der Waals surface area contributed by atoms with Crippen molar-refractivity contribution in [3.8, 4) is 0 Å². The first-order chi connectivity index (χ1) is 13.1. The minimum absolute atomic E-state index is 0.0339. The summed E-state index contributed by atoms with van der Waals surface area (Å²) in [5.74, 6) is 0. The molecule has 1 aliphatic rings. The topological polar surface area (TPSA) is 57.2 Å². The van der Waals surface area contributed by atoms with E-state index >= 15 is 0 Å². The predicted octanol–water partition coefficient (Wildman–Crippen LogP) is 5.99. The Morgan fingerprint density at radius 2 is 1.27 bits per heavy atom. The SMILES string of the molecule is COC1[C@H](O[Si](C)(C)C(C)(C)C)[C@H](O[Si](C)(C)C(C)(C)C)CN1C(=O)OC(C)(C)C. The second-order valence-corrected chi connectivity index (χ2v) is 22.0. The lowest BCUT2D eigenvalue weighted by Crippen LogP contribution is -2.53. The summed E-state index contributed by atoms with van der Waals surface area (Å²) in [6, 6.07) is 0. The largest absolute Gasteiger partial charge is 0.444 e. The molecule has 30 heavy (non-hydrogen) atoms. The Kier molecular flexibility index (Phi) is 8.14. The molecule has 1 aliphatic heterocycles. The minimum Gasteiger partial charge on any atom is -0.444 e. The van der Waals surface area contributed by atoms with E-state index in [9.17, 15) is 4.79 Å². The summed E-state index contributed by atoms with van der Waals surface area (Å²) in [5, 5.41) is 0.0859. The van der Waals surface area contributed by atoms with E-state index in [4.69, 9.17) is 18.3 Å². The summed E-state index contributed by atoms with van der Waals surface area (Å²) in [4.78, 5) is 14.6. The second-order valence-electron chi connectivity index (χ2n) is 12.5. The number of likely N-dealkylation sites (tertiary alicyclic amines) is 1. The Balaban J connectivity index is 3.31. The van der Waals surface area contributed by atoms with Crippen LogP contribution in [-0.2, 0) is 18.3 Å². The number of carbonyl (C=O) groups excluding carboxylic acids is 1. The molecule has 0 N–H and O–H groups in total. The lowest BCUT2D eigenvalue weighted by Gasteiger charge is -2.43. The lowest BCUT2D eigenvalue weighted by atomic mass is 10.2. The van der Waals surface area contributed by atoms with Crippen molar-refractivity contribution >= 4 is 22.7 Å². The second kappa shape index (κ2) is 8.85. The highest BCUT2D eigenvalue weighted by molar-refractivity contribution is 6.74. The first-order valence-corrected chi connectivity index (χ1v) is 16.8. The van der Waals surface area contributed by atoms with Gasteiger partial charge in [-0.1, -0.05) is 41.5 Å². The highest BCUT2D eigenvalue weighted by atomic mass is 28.4. The highest BCUT2D eigenvalue weighted by Gasteiger charge is 2.53. The molecule has 0 aromatic rings. The van der Waals surface area contributed by atoms with Crippen molar-refractivity contribution < 1.29 is 23.1 Å². The quantitative estimate of drug-likeness (QED) is 0.471. The van der Waals surface area contributed by atoms with Gasteiger partial charge in [0.1, 0.15) is 11.7 Å². The molecule has 0 aliphatic carbocycles. The summed E-state index contributed by atoms with van der Waals surface area (Å²) >= 11 is 0. The summed E-state index contributed by atoms with van der Waals surface area (Å²) in [6.07, 6.45) is -1.53. The Labute approximate surface area is 187 Å². The number of amides is 1. The van der Waals surface area contributed by atoms with Gasteiger partial charge in [0.05, 0.1) is 12.6 Å². The molecule has 3 atom stereocenters. The molecular weight excluding hydrogens is 414 g/mol. The molecule has 0 aromatic heterocycles. The third kappa shape index (κ3) is 6.54. The number of carbonyl (C=O) groups is 1. The normalized spacial score (nSPS) is 24.3. The van der Waals surface area contributed by atoms with Gasteiger partial charge in [0.2, 0.25) is 0 Å². The van der Waals surface area contributed by atoms with Gasteiger partial charge in [-0.3, -0.25) is 4.90 Å². The number of hydrogen-bond donors (Lipinski definition) is 0. The van der Waals surface area contributed by atoms with Crippen LogP contribution in [0.4, 0.5) is 4.79 Å². The van der Waals surface area contributed by atoms with Crippen molar-refractivity contribution in [3.63, 3.8) is 0 Å². The predicted molar refractivity (Wildman–Crippen MR) is 128 cm³/mol. The molecule has 1 saturated heterocycles. The molecule has 0 aromatic carbocycles. The molecule has 0 bridgehead atoms. The van der Waals surface area contributed by atoms with Gasteiger partial charge in [-0.05, 0) is 57.0 Å². The zero-order valence-electron chi connectivity index (χ0n) is 21.9. The Morgan fingerprint density at radius 3 is 1.63 bits per heavy atom. The molecular formula is C22H47NO5Si2. The van der Waals surface area contributed by atoms with E-state index in [0.29, 0.717) is 6.54 Å². The van der Waals surface area contributed by atoms with Crippen LogP contribution in [0.2, 0.25) is 36.3 Å². The summed E-state index contributed by atoms with van der Waals surface area (Å²) < 4.78 is 25.1. The van der Waals surface area contributed by atoms with Gasteiger partial charge in [-0.15, -0.1) is 0 Å². The monoisotopic (exact) mass is 461 g/mol. The van der Waals surface area contributed by atoms with E-state index in [2.05, 4.69) is 67.7 Å². The number of hydrogen-bond acceptors (Lipinski definition) is 5. The maximum Gasteiger partial charge on any atom is 0.412 e. The fraction of sp³-hybridized carbons (Fsp3) is 0.955. The molecule has 0 radical (unpaired) electrons. The van der Waals surface area contributed by atoms with Crippen molar-refractivity contribution in [1.29, 1.82) is 0 Å². The average Bonchev–Trinajstić information content (AvgIpc) is 2.80. The average molecular weight is 462 g/mol. The molecule has 1 amide bonds. The summed E-state index contributed by atoms with van der Waals surface area (Å²) in [7, 11) is -2.59. The van der Waals surface area contributed by atoms with E-state index in [-0.39, 0.29) is 28.4 Å². The molecule has 1 fully saturated rings. The van der Waals surface area contributed by atoms with Gasteiger partial charge in [0.15, 0.2) is 22.9 Å². The first-order valence-electron chi connectivity index (χ1n) is 11.0. The van der Waals surface area contributed by atoms with Crippen LogP contribution in [-0.4, -0.2) is 65.3 Å². The molecule has 1 heterocycles. The van der Waals surface area contributed by atoms with Gasteiger partial charge < -0.3 is 18.3 Å². The van der Waals surface area contributed by atoms with Crippen LogP contribution < -0.4 is 0 Å². The lowest BCUT2D eigenvalue weighted by molar-refractivity contribution is -0.0751. The number of rotatable bonds is 5. The van der Waals surface area contributed by atoms with E-state index in [1.54, 1.807) is 12.0 Å². The van der Waals surface area contributed by atoms with Crippen molar-refractivity contribution in [2.75, 3.05) is 13.7 Å². The van der Waals surface area contributed by atoms with Crippen LogP contribution in [0.15, 0.2) is 0 Å². The number of nitrogens with zero attached hydrogens (tertiary/aromatic N) is 1. The van der Waals surface area contributed by atoms with Crippen molar-refractivity contribution in [2.24, 2.45) is 0 Å². The van der Waals surface area contributed by atoms with Crippen LogP contribution in [0, 0.1) is 0 Å². The van der Waals surface area contributed by atoms with Gasteiger partial charge in [0, 0.05) is 7.11 Å². The van der Waals surface area contributed by atoms with Crippen LogP contribution >= 0.6 is 0 Å². The molecule has 0 spiro atoms. The Bertz CT molecular complexity index is 602. The fourth-order valence-corrected chi connectivity index (χ4v) is 5.45. The smallest absolute Gasteiger partial charge is 0.412 e. The minimum atomic E-state index is -2.13. The Morgan fingerprint density at radius 1 is 0.833 bits per heavy atom. The van der Waals surface area contributed by atoms with Gasteiger partial charge in [0.25, 0.3) is 0 Å². The van der Waals surface area contributed by atoms with Crippen molar-refractivity contribution in [1.82, 2.24) is 4.90 Å². The third-order valence-electron chi connectivity index (χ3n) is 6.69. The standard InChI is InChI=1S/C22H47NO5Si2/c1-20(2,3)26-19(24)23-15-16(27-29(11,12)21(4,5)6)17(18(23)25-10)28-30(13,14)22(7,8)9/h16-18H,15H2,1-14H3/t16-,17-,18?/m1/s1. The zero-order chi connectivity index (χ0) is 23.9. The first kappa shape index (κ1) is 27.6. The van der Waals surface area contributed by atoms with Crippen LogP contribution in [0.25, 0.3) is 0 Å². The maximum absolute atomic E-state index is 13.0. The molecule has 1 unspecified atom stereocenters. The van der Waals surface area contributed by atoms with Crippen molar-refractivity contribution in [3.05, 3.63) is 0 Å². The van der Waals surface area contributed by atoms with Crippen molar-refractivity contribution in [2.45, 2.75) is 123 Å². The zero-order valence-corrected chi connectivity index (χ0v) is 23.9. The molecule has 8 heteroatoms. The molecule has 0 saturated carbocycles. The summed E-state index contributed by atoms with van der Waals surface area (Å²) in [5.41, 5.74) is -0.580. The van der Waals surface area contributed by atoms with Crippen LogP contribution in [0.1, 0.15) is 62.3 Å². The summed E-state index contributed by atoms with van der Waals surface area (Å²) in [6.45, 7) is 28.2. The maximum atomic E-state index is 13.0. The van der Waals surface area contributed by atoms with Crippen LogP contribution in [0.3, 0.4) is 0 Å². The van der Waals surface area contributed by atoms with E-state index in [1.165, 1.54) is 0 Å². The number of ether oxygens (including phenoxy) is 2. The molecule has 1 rings (SSSR count). The van der Waals surface area contributed by atoms with Gasteiger partial charge in [-0.25, -0.2) is 4.79 Å². The highest BCUT2D eigenvalue weighted by Crippen LogP contribution is 2.43.